The van der Waals surface area contributed by atoms with Gasteiger partial charge >= 0.3 is 5.97 Å². The highest BCUT2D eigenvalue weighted by atomic mass is 32.2. The van der Waals surface area contributed by atoms with Gasteiger partial charge in [0, 0.05) is 12.2 Å². The normalized spacial score (nSPS) is 14.2. The van der Waals surface area contributed by atoms with Gasteiger partial charge in [-0.05, 0) is 37.1 Å². The minimum atomic E-state index is -3.18. The Morgan fingerprint density at radius 2 is 2.10 bits per heavy atom. The third-order valence-corrected chi connectivity index (χ3v) is 5.14. The number of benzene rings is 1. The van der Waals surface area contributed by atoms with Gasteiger partial charge in [0.15, 0.2) is 9.84 Å². The van der Waals surface area contributed by atoms with E-state index in [4.69, 9.17) is 4.74 Å². The largest absolute Gasteiger partial charge is 0.465 e. The lowest BCUT2D eigenvalue weighted by molar-refractivity contribution is -0.141. The summed E-state index contributed by atoms with van der Waals surface area (Å²) >= 11 is 0. The van der Waals surface area contributed by atoms with Gasteiger partial charge in [0.25, 0.3) is 0 Å². The Kier molecular flexibility index (Phi) is 4.32. The highest BCUT2D eigenvalue weighted by Gasteiger charge is 2.23. The predicted octanol–water partition coefficient (Wildman–Crippen LogP) is 1.41. The number of hydrogen-bond acceptors (Lipinski definition) is 5. The summed E-state index contributed by atoms with van der Waals surface area (Å²) < 4.78 is 28.7. The first kappa shape index (κ1) is 14.8. The summed E-state index contributed by atoms with van der Waals surface area (Å²) in [5.41, 5.74) is 1.90. The van der Waals surface area contributed by atoms with Crippen LogP contribution in [-0.4, -0.2) is 39.8 Å². The summed E-state index contributed by atoms with van der Waals surface area (Å²) in [4.78, 5) is 13.8. The van der Waals surface area contributed by atoms with Crippen LogP contribution in [0.1, 0.15) is 19.4 Å². The van der Waals surface area contributed by atoms with Crippen molar-refractivity contribution in [3.8, 4) is 0 Å². The fraction of sp³-hybridized carbons (Fsp3) is 0.500. The third-order valence-electron chi connectivity index (χ3n) is 3.41. The van der Waals surface area contributed by atoms with E-state index in [1.807, 2.05) is 4.90 Å². The van der Waals surface area contributed by atoms with E-state index in [1.165, 1.54) is 0 Å². The minimum absolute atomic E-state index is 0.0956. The van der Waals surface area contributed by atoms with Crippen molar-refractivity contribution in [2.24, 2.45) is 0 Å². The van der Waals surface area contributed by atoms with E-state index in [0.29, 0.717) is 18.0 Å². The molecule has 0 bridgehead atoms. The summed E-state index contributed by atoms with van der Waals surface area (Å²) in [5, 5.41) is 0. The molecule has 1 aliphatic rings. The van der Waals surface area contributed by atoms with E-state index in [0.717, 1.165) is 17.7 Å². The lowest BCUT2D eigenvalue weighted by atomic mass is 10.2. The molecule has 2 rings (SSSR count). The number of esters is 1. The van der Waals surface area contributed by atoms with E-state index in [9.17, 15) is 13.2 Å². The first-order chi connectivity index (χ1) is 9.47. The van der Waals surface area contributed by atoms with E-state index >= 15 is 0 Å². The Hall–Kier alpha value is -1.56. The molecule has 1 aromatic carbocycles. The maximum Gasteiger partial charge on any atom is 0.325 e. The molecule has 0 saturated carbocycles. The van der Waals surface area contributed by atoms with Crippen molar-refractivity contribution >= 4 is 21.5 Å². The first-order valence-corrected chi connectivity index (χ1v) is 8.39. The van der Waals surface area contributed by atoms with Gasteiger partial charge in [0.2, 0.25) is 0 Å². The van der Waals surface area contributed by atoms with E-state index in [1.54, 1.807) is 32.0 Å². The number of nitrogens with zero attached hydrogens (tertiary/aromatic N) is 1. The van der Waals surface area contributed by atoms with E-state index < -0.39 is 9.84 Å². The molecule has 0 radical (unpaired) electrons. The minimum Gasteiger partial charge on any atom is -0.465 e. The zero-order valence-corrected chi connectivity index (χ0v) is 12.6. The summed E-state index contributed by atoms with van der Waals surface area (Å²) in [6.45, 7) is 4.70. The van der Waals surface area contributed by atoms with Gasteiger partial charge in [-0.2, -0.15) is 0 Å². The van der Waals surface area contributed by atoms with Crippen molar-refractivity contribution in [3.05, 3.63) is 23.8 Å². The number of carbonyl (C=O) groups is 1. The maximum absolute atomic E-state index is 11.9. The molecule has 1 heterocycles. The number of sulfone groups is 1. The molecule has 0 aromatic heterocycles. The van der Waals surface area contributed by atoms with Crippen molar-refractivity contribution in [1.82, 2.24) is 0 Å². The fourth-order valence-corrected chi connectivity index (χ4v) is 3.26. The van der Waals surface area contributed by atoms with E-state index in [-0.39, 0.29) is 18.3 Å². The second-order valence-corrected chi connectivity index (χ2v) is 6.95. The molecule has 0 amide bonds. The van der Waals surface area contributed by atoms with Crippen LogP contribution in [0.2, 0.25) is 0 Å². The lowest BCUT2D eigenvalue weighted by Gasteiger charge is -2.18. The van der Waals surface area contributed by atoms with Gasteiger partial charge in [-0.3, -0.25) is 4.79 Å². The van der Waals surface area contributed by atoms with Crippen molar-refractivity contribution in [2.45, 2.75) is 25.2 Å². The summed E-state index contributed by atoms with van der Waals surface area (Å²) in [6, 6.07) is 5.12. The molecule has 110 valence electrons. The number of ether oxygens (including phenoxy) is 1. The Balaban J connectivity index is 2.21. The monoisotopic (exact) mass is 297 g/mol. The number of carbonyl (C=O) groups excluding carboxylic acids is 1. The second-order valence-electron chi connectivity index (χ2n) is 4.67. The van der Waals surface area contributed by atoms with E-state index in [2.05, 4.69) is 0 Å². The zero-order valence-electron chi connectivity index (χ0n) is 11.8. The van der Waals surface area contributed by atoms with Crippen LogP contribution in [0, 0.1) is 0 Å². The van der Waals surface area contributed by atoms with Crippen LogP contribution in [0.4, 0.5) is 5.69 Å². The number of anilines is 1. The highest BCUT2D eigenvalue weighted by molar-refractivity contribution is 7.91. The number of fused-ring (bicyclic) bond motifs is 1. The summed E-state index contributed by atoms with van der Waals surface area (Å²) in [5.74, 6) is -0.163. The molecule has 0 spiro atoms. The molecule has 0 saturated heterocycles. The Labute approximate surface area is 119 Å². The average Bonchev–Trinajstić information content (AvgIpc) is 2.81. The van der Waals surface area contributed by atoms with Crippen molar-refractivity contribution < 1.29 is 17.9 Å². The standard InChI is InChI=1S/C14H19NO4S/c1-3-19-14(16)10-15-8-7-11-9-12(5-6-13(11)15)20(17,18)4-2/h5-6,9H,3-4,7-8,10H2,1-2H3. The highest BCUT2D eigenvalue weighted by Crippen LogP contribution is 2.30. The van der Waals surface area contributed by atoms with Gasteiger partial charge < -0.3 is 9.64 Å². The van der Waals surface area contributed by atoms with Crippen LogP contribution < -0.4 is 4.90 Å². The third kappa shape index (κ3) is 2.95. The molecule has 0 atom stereocenters. The molecule has 1 aromatic rings. The Morgan fingerprint density at radius 1 is 1.35 bits per heavy atom. The molecular formula is C14H19NO4S. The number of hydrogen-bond donors (Lipinski definition) is 0. The van der Waals surface area contributed by atoms with Gasteiger partial charge in [0.05, 0.1) is 17.3 Å². The van der Waals surface area contributed by atoms with Crippen molar-refractivity contribution in [2.75, 3.05) is 30.3 Å². The van der Waals surface area contributed by atoms with Gasteiger partial charge in [0.1, 0.15) is 6.54 Å². The predicted molar refractivity (Wildman–Crippen MR) is 76.7 cm³/mol. The second kappa shape index (κ2) is 5.83. The van der Waals surface area contributed by atoms with Crippen LogP contribution in [-0.2, 0) is 25.8 Å². The molecule has 0 aliphatic carbocycles. The Bertz CT molecular complexity index is 610. The van der Waals surface area contributed by atoms with Crippen LogP contribution in [0.15, 0.2) is 23.1 Å². The molecule has 5 nitrogen and oxygen atoms in total. The van der Waals surface area contributed by atoms with Crippen LogP contribution >= 0.6 is 0 Å². The first-order valence-electron chi connectivity index (χ1n) is 6.74. The SMILES string of the molecule is CCOC(=O)CN1CCc2cc(S(=O)(=O)CC)ccc21. The molecule has 0 unspecified atom stereocenters. The lowest BCUT2D eigenvalue weighted by Crippen LogP contribution is -2.29. The van der Waals surface area contributed by atoms with Crippen LogP contribution in [0.25, 0.3) is 0 Å². The molecular weight excluding hydrogens is 278 g/mol. The van der Waals surface area contributed by atoms with Gasteiger partial charge in [-0.25, -0.2) is 8.42 Å². The fourth-order valence-electron chi connectivity index (χ4n) is 2.33. The van der Waals surface area contributed by atoms with Gasteiger partial charge in [-0.15, -0.1) is 0 Å². The van der Waals surface area contributed by atoms with Crippen molar-refractivity contribution in [3.63, 3.8) is 0 Å². The maximum atomic E-state index is 11.9. The van der Waals surface area contributed by atoms with Crippen molar-refractivity contribution in [1.29, 1.82) is 0 Å². The molecule has 20 heavy (non-hydrogen) atoms. The van der Waals surface area contributed by atoms with Gasteiger partial charge in [-0.1, -0.05) is 6.92 Å². The summed E-state index contributed by atoms with van der Waals surface area (Å²) in [6.07, 6.45) is 0.752. The molecule has 0 fully saturated rings. The van der Waals surface area contributed by atoms with Crippen LogP contribution in [0.3, 0.4) is 0 Å². The quantitative estimate of drug-likeness (QED) is 0.769. The molecule has 1 aliphatic heterocycles. The average molecular weight is 297 g/mol. The van der Waals surface area contributed by atoms with Crippen LogP contribution in [0.5, 0.6) is 0 Å². The Morgan fingerprint density at radius 3 is 2.75 bits per heavy atom. The topological polar surface area (TPSA) is 63.7 Å². The molecule has 6 heteroatoms. The summed E-state index contributed by atoms with van der Waals surface area (Å²) in [7, 11) is -3.18. The molecule has 0 N–H and O–H groups in total. The zero-order chi connectivity index (χ0) is 14.8. The number of rotatable bonds is 5. The smallest absolute Gasteiger partial charge is 0.325 e.